The monoisotopic (exact) mass is 401 g/mol. The molecule has 0 saturated carbocycles. The number of aromatic amines is 1. The molecule has 158 valence electrons. The number of ether oxygens (including phenoxy) is 2. The largest absolute Gasteiger partial charge is 0.490 e. The van der Waals surface area contributed by atoms with E-state index >= 15 is 0 Å². The number of nitrogens with two attached hydrogens (primary N) is 1. The average Bonchev–Trinajstić information content (AvgIpc) is 2.97. The summed E-state index contributed by atoms with van der Waals surface area (Å²) in [4.78, 5) is 28.0. The van der Waals surface area contributed by atoms with E-state index in [0.717, 1.165) is 22.6 Å². The van der Waals surface area contributed by atoms with Gasteiger partial charge in [-0.1, -0.05) is 0 Å². The fraction of sp³-hybridized carbons (Fsp3) is 0.478. The van der Waals surface area contributed by atoms with Crippen LogP contribution in [0.3, 0.4) is 0 Å². The molecule has 0 saturated heterocycles. The number of carbonyl (C=O) groups is 2. The van der Waals surface area contributed by atoms with E-state index in [1.165, 1.54) is 6.92 Å². The number of aryl methyl sites for hydroxylation is 1. The minimum absolute atomic E-state index is 0.0130. The van der Waals surface area contributed by atoms with Gasteiger partial charge in [0.15, 0.2) is 17.3 Å². The van der Waals surface area contributed by atoms with E-state index in [1.54, 1.807) is 0 Å². The van der Waals surface area contributed by atoms with Crippen LogP contribution in [0.1, 0.15) is 78.3 Å². The van der Waals surface area contributed by atoms with Crippen molar-refractivity contribution < 1.29 is 24.4 Å². The Morgan fingerprint density at radius 3 is 2.24 bits per heavy atom. The number of H-pyrrole nitrogens is 1. The maximum atomic E-state index is 13.0. The molecule has 29 heavy (non-hydrogen) atoms. The van der Waals surface area contributed by atoms with Gasteiger partial charge in [-0.2, -0.15) is 0 Å². The smallest absolute Gasteiger partial charge is 0.235 e. The number of ketones is 2. The maximum Gasteiger partial charge on any atom is 0.235 e. The van der Waals surface area contributed by atoms with Crippen LogP contribution in [0.2, 0.25) is 0 Å². The van der Waals surface area contributed by atoms with E-state index in [9.17, 15) is 9.59 Å². The Balaban J connectivity index is 2.19. The first-order valence-corrected chi connectivity index (χ1v) is 10.2. The summed E-state index contributed by atoms with van der Waals surface area (Å²) in [5.41, 5.74) is 3.66. The predicted molar refractivity (Wildman–Crippen MR) is 113 cm³/mol. The van der Waals surface area contributed by atoms with Crippen molar-refractivity contribution in [2.24, 2.45) is 0 Å². The number of hydrogen-bond donors (Lipinski definition) is 2. The number of carbonyl (C=O) groups excluding carboxylic acids is 2. The molecule has 1 aromatic heterocycles. The molecule has 6 nitrogen and oxygen atoms in total. The zero-order valence-electron chi connectivity index (χ0n) is 18.5. The van der Waals surface area contributed by atoms with Crippen molar-refractivity contribution in [2.45, 2.75) is 60.5 Å². The highest BCUT2D eigenvalue weighted by Crippen LogP contribution is 2.30. The molecule has 0 aliphatic carbocycles. The highest BCUT2D eigenvalue weighted by atomic mass is 16.5. The molecule has 0 unspecified atom stereocenters. The van der Waals surface area contributed by atoms with Crippen molar-refractivity contribution in [3.05, 3.63) is 46.3 Å². The standard InChI is InChI=1S/C23H32N2O4/c1-8-28-19-11-10-18(12-20(19)29-9-2)14(4)24-16(6)23(27)22-13(3)21(17(7)26)15(5)25-22/h10-12,14,16,24-25H,8-9H2,1-7H3/p+1/t14-,16-/m1/s1. The van der Waals surface area contributed by atoms with Gasteiger partial charge < -0.3 is 19.8 Å². The minimum atomic E-state index is -0.302. The zero-order valence-corrected chi connectivity index (χ0v) is 18.5. The van der Waals surface area contributed by atoms with Crippen molar-refractivity contribution in [3.8, 4) is 11.5 Å². The van der Waals surface area contributed by atoms with E-state index in [2.05, 4.69) is 11.9 Å². The SMILES string of the molecule is CCOc1ccc([C@@H](C)[NH2+][C@H](C)C(=O)c2[nH]c(C)c(C(C)=O)c2C)cc1OCC. The summed E-state index contributed by atoms with van der Waals surface area (Å²) < 4.78 is 11.3. The topological polar surface area (TPSA) is 85.0 Å². The molecular weight excluding hydrogens is 368 g/mol. The second-order valence-corrected chi connectivity index (χ2v) is 7.39. The Morgan fingerprint density at radius 1 is 1.07 bits per heavy atom. The molecule has 0 amide bonds. The number of aromatic nitrogens is 1. The molecule has 0 spiro atoms. The number of Topliss-reactive ketones (excluding diaryl/α,β-unsaturated/α-hetero) is 2. The lowest BCUT2D eigenvalue weighted by atomic mass is 10.0. The van der Waals surface area contributed by atoms with Gasteiger partial charge in [0.25, 0.3) is 0 Å². The molecule has 0 bridgehead atoms. The van der Waals surface area contributed by atoms with Crippen LogP contribution in [-0.4, -0.2) is 35.8 Å². The van der Waals surface area contributed by atoms with Crippen molar-refractivity contribution in [3.63, 3.8) is 0 Å². The molecule has 2 aromatic rings. The first-order valence-electron chi connectivity index (χ1n) is 10.2. The van der Waals surface area contributed by atoms with Crippen LogP contribution < -0.4 is 14.8 Å². The summed E-state index contributed by atoms with van der Waals surface area (Å²) in [7, 11) is 0. The van der Waals surface area contributed by atoms with Crippen molar-refractivity contribution in [1.82, 2.24) is 4.98 Å². The summed E-state index contributed by atoms with van der Waals surface area (Å²) in [6.07, 6.45) is 0. The van der Waals surface area contributed by atoms with E-state index in [4.69, 9.17) is 9.47 Å². The normalized spacial score (nSPS) is 13.1. The summed E-state index contributed by atoms with van der Waals surface area (Å²) in [6, 6.07) is 5.64. The van der Waals surface area contributed by atoms with E-state index in [-0.39, 0.29) is 23.7 Å². The van der Waals surface area contributed by atoms with Gasteiger partial charge in [-0.25, -0.2) is 0 Å². The summed E-state index contributed by atoms with van der Waals surface area (Å²) in [5, 5.41) is 2.02. The quantitative estimate of drug-likeness (QED) is 0.597. The van der Waals surface area contributed by atoms with Crippen LogP contribution in [0.4, 0.5) is 0 Å². The summed E-state index contributed by atoms with van der Waals surface area (Å²) >= 11 is 0. The summed E-state index contributed by atoms with van der Waals surface area (Å²) in [6.45, 7) is 14.1. The molecule has 0 fully saturated rings. The van der Waals surface area contributed by atoms with Gasteiger partial charge >= 0.3 is 0 Å². The molecule has 2 atom stereocenters. The third kappa shape index (κ3) is 5.07. The van der Waals surface area contributed by atoms with Gasteiger partial charge in [-0.3, -0.25) is 9.59 Å². The zero-order chi connectivity index (χ0) is 21.7. The second kappa shape index (κ2) is 9.74. The van der Waals surface area contributed by atoms with Gasteiger partial charge in [0.2, 0.25) is 5.78 Å². The highest BCUT2D eigenvalue weighted by Gasteiger charge is 2.27. The Kier molecular flexibility index (Phi) is 7.62. The molecule has 1 aromatic carbocycles. The van der Waals surface area contributed by atoms with Crippen LogP contribution in [0.15, 0.2) is 18.2 Å². The third-order valence-corrected chi connectivity index (χ3v) is 5.12. The van der Waals surface area contributed by atoms with Crippen LogP contribution in [0, 0.1) is 13.8 Å². The second-order valence-electron chi connectivity index (χ2n) is 7.39. The fourth-order valence-electron chi connectivity index (χ4n) is 3.73. The Morgan fingerprint density at radius 2 is 1.69 bits per heavy atom. The molecule has 0 aliphatic heterocycles. The molecule has 3 N–H and O–H groups in total. The van der Waals surface area contributed by atoms with Crippen molar-refractivity contribution in [1.29, 1.82) is 0 Å². The first-order chi connectivity index (χ1) is 13.7. The predicted octanol–water partition coefficient (Wildman–Crippen LogP) is 3.53. The third-order valence-electron chi connectivity index (χ3n) is 5.12. The van der Waals surface area contributed by atoms with E-state index in [0.29, 0.717) is 30.2 Å². The number of benzene rings is 1. The minimum Gasteiger partial charge on any atom is -0.490 e. The number of hydrogen-bond acceptors (Lipinski definition) is 4. The van der Waals surface area contributed by atoms with Gasteiger partial charge in [0.05, 0.1) is 18.9 Å². The molecule has 0 aliphatic rings. The number of nitrogens with one attached hydrogen (secondary N) is 1. The van der Waals surface area contributed by atoms with Crippen LogP contribution in [-0.2, 0) is 0 Å². The van der Waals surface area contributed by atoms with E-state index in [1.807, 2.05) is 58.1 Å². The van der Waals surface area contributed by atoms with Crippen LogP contribution >= 0.6 is 0 Å². The van der Waals surface area contributed by atoms with Crippen LogP contribution in [0.25, 0.3) is 0 Å². The first kappa shape index (κ1) is 22.7. The molecule has 2 rings (SSSR count). The lowest BCUT2D eigenvalue weighted by Crippen LogP contribution is -2.91. The average molecular weight is 402 g/mol. The van der Waals surface area contributed by atoms with Crippen LogP contribution in [0.5, 0.6) is 11.5 Å². The van der Waals surface area contributed by atoms with Gasteiger partial charge in [0, 0.05) is 16.8 Å². The van der Waals surface area contributed by atoms with Crippen molar-refractivity contribution >= 4 is 11.6 Å². The molecule has 0 radical (unpaired) electrons. The van der Waals surface area contributed by atoms with Crippen molar-refractivity contribution in [2.75, 3.05) is 13.2 Å². The number of quaternary nitrogens is 1. The van der Waals surface area contributed by atoms with Gasteiger partial charge in [-0.05, 0) is 72.2 Å². The Labute approximate surface area is 173 Å². The van der Waals surface area contributed by atoms with E-state index < -0.39 is 0 Å². The lowest BCUT2D eigenvalue weighted by Gasteiger charge is -2.18. The molecular formula is C23H33N2O4+. The highest BCUT2D eigenvalue weighted by molar-refractivity contribution is 6.04. The molecule has 1 heterocycles. The fourth-order valence-corrected chi connectivity index (χ4v) is 3.73. The van der Waals surface area contributed by atoms with Gasteiger partial charge in [0.1, 0.15) is 12.1 Å². The Bertz CT molecular complexity index is 885. The molecule has 6 heteroatoms. The van der Waals surface area contributed by atoms with Gasteiger partial charge in [-0.15, -0.1) is 0 Å². The lowest BCUT2D eigenvalue weighted by molar-refractivity contribution is -0.709. The Hall–Kier alpha value is -2.60. The number of rotatable bonds is 10. The maximum absolute atomic E-state index is 13.0. The summed E-state index contributed by atoms with van der Waals surface area (Å²) in [5.74, 6) is 1.40.